The first-order valence-corrected chi connectivity index (χ1v) is 13.1. The number of carbonyl (C=O) groups excluding carboxylic acids is 1. The highest BCUT2D eigenvalue weighted by Gasteiger charge is 2.33. The van der Waals surface area contributed by atoms with Crippen molar-refractivity contribution in [3.8, 4) is 17.1 Å². The van der Waals surface area contributed by atoms with Crippen LogP contribution in [-0.4, -0.2) is 50.5 Å². The monoisotopic (exact) mass is 481 g/mol. The van der Waals surface area contributed by atoms with E-state index in [4.69, 9.17) is 0 Å². The summed E-state index contributed by atoms with van der Waals surface area (Å²) >= 11 is 1.45. The van der Waals surface area contributed by atoms with Crippen LogP contribution in [0, 0.1) is 0 Å². The van der Waals surface area contributed by atoms with Crippen LogP contribution in [0.2, 0.25) is 0 Å². The molecular weight excluding hydrogens is 454 g/mol. The second-order valence-electron chi connectivity index (χ2n) is 9.03. The van der Waals surface area contributed by atoms with Gasteiger partial charge in [0.05, 0.1) is 5.75 Å². The molecule has 0 bridgehead atoms. The Bertz CT molecular complexity index is 1320. The number of benzene rings is 3. The highest BCUT2D eigenvalue weighted by atomic mass is 32.2. The van der Waals surface area contributed by atoms with Gasteiger partial charge in [0.25, 0.3) is 0 Å². The maximum Gasteiger partial charge on any atom is 0.237 e. The fourth-order valence-electron chi connectivity index (χ4n) is 5.13. The van der Waals surface area contributed by atoms with Crippen LogP contribution in [-0.2, 0) is 11.3 Å². The third-order valence-corrected chi connectivity index (χ3v) is 7.77. The van der Waals surface area contributed by atoms with Crippen molar-refractivity contribution in [1.29, 1.82) is 0 Å². The molecule has 1 amide bonds. The Morgan fingerprint density at radius 2 is 1.66 bits per heavy atom. The molecule has 4 aromatic rings. The SMILES string of the molecule is O=C(CSc1nnc(-c2ccccc2)n1-c1ccccc1)N1C[C@@H]2CCCN2Cc2ccccc21. The number of amides is 1. The van der Waals surface area contributed by atoms with Crippen LogP contribution in [0.25, 0.3) is 17.1 Å². The Morgan fingerprint density at radius 3 is 2.49 bits per heavy atom. The predicted octanol–water partition coefficient (Wildman–Crippen LogP) is 5.04. The molecule has 6 nitrogen and oxygen atoms in total. The van der Waals surface area contributed by atoms with Crippen LogP contribution in [0.15, 0.2) is 90.1 Å². The fourth-order valence-corrected chi connectivity index (χ4v) is 5.96. The summed E-state index contributed by atoms with van der Waals surface area (Å²) in [4.78, 5) is 18.2. The molecule has 1 aromatic heterocycles. The lowest BCUT2D eigenvalue weighted by molar-refractivity contribution is -0.116. The summed E-state index contributed by atoms with van der Waals surface area (Å²) in [6.07, 6.45) is 2.35. The lowest BCUT2D eigenvalue weighted by atomic mass is 10.1. The topological polar surface area (TPSA) is 54.3 Å². The number of aromatic nitrogens is 3. The predicted molar refractivity (Wildman–Crippen MR) is 140 cm³/mol. The van der Waals surface area contributed by atoms with Crippen molar-refractivity contribution < 1.29 is 4.79 Å². The first-order valence-electron chi connectivity index (χ1n) is 12.1. The molecule has 0 saturated carbocycles. The van der Waals surface area contributed by atoms with Gasteiger partial charge < -0.3 is 4.90 Å². The van der Waals surface area contributed by atoms with Gasteiger partial charge in [-0.2, -0.15) is 0 Å². The molecular formula is C28H27N5OS. The number of thioether (sulfide) groups is 1. The summed E-state index contributed by atoms with van der Waals surface area (Å²) in [5.41, 5.74) is 4.24. The second-order valence-corrected chi connectivity index (χ2v) is 9.97. The highest BCUT2D eigenvalue weighted by Crippen LogP contribution is 2.33. The molecule has 1 atom stereocenters. The Kier molecular flexibility index (Phi) is 6.10. The number of hydrogen-bond donors (Lipinski definition) is 0. The summed E-state index contributed by atoms with van der Waals surface area (Å²) in [5.74, 6) is 1.19. The quantitative estimate of drug-likeness (QED) is 0.374. The van der Waals surface area contributed by atoms with Crippen molar-refractivity contribution in [2.24, 2.45) is 0 Å². The van der Waals surface area contributed by atoms with E-state index < -0.39 is 0 Å². The normalized spacial score (nSPS) is 17.6. The largest absolute Gasteiger partial charge is 0.310 e. The standard InChI is InChI=1S/C28H27N5OS/c34-26(32-19-24-15-9-17-31(24)18-22-12-7-8-16-25(22)32)20-35-28-30-29-27(21-10-3-1-4-11-21)33(28)23-13-5-2-6-14-23/h1-8,10-14,16,24H,9,15,17-20H2/t24-/m0/s1. The fraction of sp³-hybridized carbons (Fsp3) is 0.250. The molecule has 35 heavy (non-hydrogen) atoms. The van der Waals surface area contributed by atoms with Crippen molar-refractivity contribution in [3.05, 3.63) is 90.5 Å². The van der Waals surface area contributed by atoms with E-state index in [1.165, 1.54) is 23.7 Å². The van der Waals surface area contributed by atoms with E-state index in [9.17, 15) is 4.79 Å². The third kappa shape index (κ3) is 4.37. The Hall–Kier alpha value is -3.42. The minimum Gasteiger partial charge on any atom is -0.310 e. The van der Waals surface area contributed by atoms with Gasteiger partial charge in [0.1, 0.15) is 0 Å². The number of anilines is 1. The van der Waals surface area contributed by atoms with E-state index in [0.717, 1.165) is 48.8 Å². The van der Waals surface area contributed by atoms with Crippen LogP contribution >= 0.6 is 11.8 Å². The minimum atomic E-state index is 0.111. The molecule has 7 heteroatoms. The average molecular weight is 482 g/mol. The van der Waals surface area contributed by atoms with Gasteiger partial charge in [0.2, 0.25) is 5.91 Å². The molecule has 1 fully saturated rings. The number of hydrogen-bond acceptors (Lipinski definition) is 5. The van der Waals surface area contributed by atoms with Crippen LogP contribution < -0.4 is 4.90 Å². The van der Waals surface area contributed by atoms with E-state index >= 15 is 0 Å². The zero-order valence-electron chi connectivity index (χ0n) is 19.5. The van der Waals surface area contributed by atoms with Gasteiger partial charge in [-0.1, -0.05) is 78.5 Å². The lowest BCUT2D eigenvalue weighted by Gasteiger charge is -2.26. The van der Waals surface area contributed by atoms with Gasteiger partial charge in [-0.25, -0.2) is 0 Å². The first-order chi connectivity index (χ1) is 17.3. The zero-order chi connectivity index (χ0) is 23.6. The number of nitrogens with zero attached hydrogens (tertiary/aromatic N) is 5. The molecule has 0 spiro atoms. The first kappa shape index (κ1) is 22.1. The van der Waals surface area contributed by atoms with Gasteiger partial charge in [-0.15, -0.1) is 10.2 Å². The van der Waals surface area contributed by atoms with Crippen LogP contribution in [0.5, 0.6) is 0 Å². The van der Waals surface area contributed by atoms with E-state index in [-0.39, 0.29) is 5.91 Å². The molecule has 0 unspecified atom stereocenters. The highest BCUT2D eigenvalue weighted by molar-refractivity contribution is 7.99. The summed E-state index contributed by atoms with van der Waals surface area (Å²) in [7, 11) is 0. The summed E-state index contributed by atoms with van der Waals surface area (Å²) < 4.78 is 2.04. The second kappa shape index (κ2) is 9.68. The van der Waals surface area contributed by atoms with Crippen molar-refractivity contribution in [2.45, 2.75) is 30.6 Å². The number of carbonyl (C=O) groups is 1. The Labute approximate surface area is 209 Å². The maximum absolute atomic E-state index is 13.6. The molecule has 176 valence electrons. The summed E-state index contributed by atoms with van der Waals surface area (Å²) in [6.45, 7) is 2.77. The third-order valence-electron chi connectivity index (χ3n) is 6.85. The van der Waals surface area contributed by atoms with Crippen LogP contribution in [0.4, 0.5) is 5.69 Å². The number of fused-ring (bicyclic) bond motifs is 2. The summed E-state index contributed by atoms with van der Waals surface area (Å²) in [6, 6.07) is 28.9. The minimum absolute atomic E-state index is 0.111. The molecule has 2 aliphatic rings. The van der Waals surface area contributed by atoms with E-state index in [0.29, 0.717) is 17.0 Å². The lowest BCUT2D eigenvalue weighted by Crippen LogP contribution is -2.41. The number of rotatable bonds is 5. The Balaban J connectivity index is 1.29. The zero-order valence-corrected chi connectivity index (χ0v) is 20.3. The average Bonchev–Trinajstić information content (AvgIpc) is 3.50. The van der Waals surface area contributed by atoms with Crippen molar-refractivity contribution in [2.75, 3.05) is 23.7 Å². The smallest absolute Gasteiger partial charge is 0.237 e. The van der Waals surface area contributed by atoms with Crippen molar-refractivity contribution in [3.63, 3.8) is 0 Å². The molecule has 2 aliphatic heterocycles. The molecule has 0 radical (unpaired) electrons. The van der Waals surface area contributed by atoms with Crippen molar-refractivity contribution >= 4 is 23.4 Å². The maximum atomic E-state index is 13.6. The summed E-state index contributed by atoms with van der Waals surface area (Å²) in [5, 5.41) is 9.72. The van der Waals surface area contributed by atoms with Gasteiger partial charge in [-0.3, -0.25) is 14.3 Å². The van der Waals surface area contributed by atoms with Gasteiger partial charge in [0.15, 0.2) is 11.0 Å². The van der Waals surface area contributed by atoms with Crippen molar-refractivity contribution in [1.82, 2.24) is 19.7 Å². The molecule has 0 N–H and O–H groups in total. The van der Waals surface area contributed by atoms with E-state index in [1.807, 2.05) is 76.2 Å². The molecule has 3 heterocycles. The van der Waals surface area contributed by atoms with Crippen LogP contribution in [0.3, 0.4) is 0 Å². The van der Waals surface area contributed by atoms with Gasteiger partial charge in [0, 0.05) is 36.1 Å². The van der Waals surface area contributed by atoms with Crippen LogP contribution in [0.1, 0.15) is 18.4 Å². The van der Waals surface area contributed by atoms with Gasteiger partial charge >= 0.3 is 0 Å². The molecule has 3 aromatic carbocycles. The van der Waals surface area contributed by atoms with Gasteiger partial charge in [-0.05, 0) is 43.1 Å². The molecule has 6 rings (SSSR count). The molecule has 1 saturated heterocycles. The van der Waals surface area contributed by atoms with E-state index in [2.05, 4.69) is 33.3 Å². The Morgan fingerprint density at radius 1 is 0.914 bits per heavy atom. The molecule has 0 aliphatic carbocycles. The number of para-hydroxylation sites is 2. The van der Waals surface area contributed by atoms with E-state index in [1.54, 1.807) is 0 Å².